The Morgan fingerprint density at radius 1 is 1.25 bits per heavy atom. The number of rotatable bonds is 6. The number of hydrogen-bond acceptors (Lipinski definition) is 4. The molecule has 0 saturated heterocycles. The fourth-order valence-electron chi connectivity index (χ4n) is 2.02. The van der Waals surface area contributed by atoms with E-state index in [1.54, 1.807) is 0 Å². The highest BCUT2D eigenvalue weighted by atomic mass is 16.2. The molecule has 1 aromatic heterocycles. The molecule has 0 saturated carbocycles. The largest absolute Gasteiger partial charge is 0.359 e. The van der Waals surface area contributed by atoms with Crippen molar-refractivity contribution in [2.45, 2.75) is 53.5 Å². The van der Waals surface area contributed by atoms with Crippen LogP contribution in [-0.2, 0) is 4.79 Å². The van der Waals surface area contributed by atoms with Crippen LogP contribution in [0.2, 0.25) is 0 Å². The molecule has 1 amide bonds. The summed E-state index contributed by atoms with van der Waals surface area (Å²) in [6.07, 6.45) is 0. The van der Waals surface area contributed by atoms with Crippen molar-refractivity contribution in [2.75, 3.05) is 18.4 Å². The van der Waals surface area contributed by atoms with Gasteiger partial charge in [0.15, 0.2) is 0 Å². The van der Waals surface area contributed by atoms with Gasteiger partial charge in [0.05, 0.1) is 0 Å². The smallest absolute Gasteiger partial charge is 0.244 e. The number of aromatic nitrogens is 2. The van der Waals surface area contributed by atoms with Crippen LogP contribution in [0.4, 0.5) is 5.82 Å². The van der Waals surface area contributed by atoms with Gasteiger partial charge in [0.1, 0.15) is 17.7 Å². The number of anilines is 1. The number of amides is 1. The Balaban J connectivity index is 2.85. The molecule has 0 bridgehead atoms. The zero-order valence-corrected chi connectivity index (χ0v) is 13.4. The standard InChI is InChI=1S/C15H26N4O/c1-7-19(8-2)15(20)12(6)17-13-9-11(5)16-14(18-13)10(3)4/h9-10,12H,7-8H2,1-6H3,(H,16,17,18). The van der Waals surface area contributed by atoms with Crippen molar-refractivity contribution in [1.29, 1.82) is 0 Å². The average molecular weight is 278 g/mol. The van der Waals surface area contributed by atoms with Crippen LogP contribution in [0, 0.1) is 6.92 Å². The Kier molecular flexibility index (Phi) is 5.92. The molecule has 112 valence electrons. The lowest BCUT2D eigenvalue weighted by Gasteiger charge is -2.24. The number of likely N-dealkylation sites (N-methyl/N-ethyl adjacent to an activating group) is 1. The minimum atomic E-state index is -0.288. The second-order valence-corrected chi connectivity index (χ2v) is 5.28. The molecule has 5 heteroatoms. The second-order valence-electron chi connectivity index (χ2n) is 5.28. The van der Waals surface area contributed by atoms with Gasteiger partial charge in [0.25, 0.3) is 0 Å². The molecule has 0 aliphatic rings. The Labute approximate surface area is 121 Å². The van der Waals surface area contributed by atoms with Crippen molar-refractivity contribution in [1.82, 2.24) is 14.9 Å². The normalized spacial score (nSPS) is 12.3. The highest BCUT2D eigenvalue weighted by Gasteiger charge is 2.18. The summed E-state index contributed by atoms with van der Waals surface area (Å²) in [5.41, 5.74) is 0.911. The summed E-state index contributed by atoms with van der Waals surface area (Å²) in [5, 5.41) is 3.18. The summed E-state index contributed by atoms with van der Waals surface area (Å²) in [6, 6.07) is 1.59. The van der Waals surface area contributed by atoms with Crippen molar-refractivity contribution >= 4 is 11.7 Å². The Morgan fingerprint density at radius 3 is 2.35 bits per heavy atom. The van der Waals surface area contributed by atoms with E-state index in [1.165, 1.54) is 0 Å². The van der Waals surface area contributed by atoms with Crippen LogP contribution >= 0.6 is 0 Å². The first-order valence-corrected chi connectivity index (χ1v) is 7.29. The maximum atomic E-state index is 12.2. The van der Waals surface area contributed by atoms with E-state index >= 15 is 0 Å². The van der Waals surface area contributed by atoms with E-state index in [-0.39, 0.29) is 17.9 Å². The maximum Gasteiger partial charge on any atom is 0.244 e. The Hall–Kier alpha value is -1.65. The summed E-state index contributed by atoms with van der Waals surface area (Å²) in [5.74, 6) is 1.88. The topological polar surface area (TPSA) is 58.1 Å². The Morgan fingerprint density at radius 2 is 1.85 bits per heavy atom. The number of carbonyl (C=O) groups excluding carboxylic acids is 1. The van der Waals surface area contributed by atoms with E-state index in [4.69, 9.17) is 0 Å². The fourth-order valence-corrected chi connectivity index (χ4v) is 2.02. The van der Waals surface area contributed by atoms with E-state index in [2.05, 4.69) is 29.1 Å². The van der Waals surface area contributed by atoms with Crippen LogP contribution in [0.5, 0.6) is 0 Å². The van der Waals surface area contributed by atoms with Gasteiger partial charge >= 0.3 is 0 Å². The summed E-state index contributed by atoms with van der Waals surface area (Å²) in [4.78, 5) is 22.9. The van der Waals surface area contributed by atoms with E-state index in [0.29, 0.717) is 5.82 Å². The molecule has 0 aliphatic heterocycles. The SMILES string of the molecule is CCN(CC)C(=O)C(C)Nc1cc(C)nc(C(C)C)n1. The zero-order chi connectivity index (χ0) is 15.3. The van der Waals surface area contributed by atoms with Gasteiger partial charge in [-0.2, -0.15) is 0 Å². The monoisotopic (exact) mass is 278 g/mol. The van der Waals surface area contributed by atoms with E-state index < -0.39 is 0 Å². The molecule has 1 heterocycles. The van der Waals surface area contributed by atoms with E-state index in [9.17, 15) is 4.79 Å². The average Bonchev–Trinajstić information content (AvgIpc) is 2.39. The van der Waals surface area contributed by atoms with Crippen molar-refractivity contribution in [3.63, 3.8) is 0 Å². The summed E-state index contributed by atoms with van der Waals surface area (Å²) >= 11 is 0. The third-order valence-corrected chi connectivity index (χ3v) is 3.20. The van der Waals surface area contributed by atoms with Crippen LogP contribution in [0.1, 0.15) is 52.1 Å². The third kappa shape index (κ3) is 4.18. The molecule has 1 atom stereocenters. The van der Waals surface area contributed by atoms with Crippen molar-refractivity contribution in [3.8, 4) is 0 Å². The van der Waals surface area contributed by atoms with Crippen molar-refractivity contribution in [2.24, 2.45) is 0 Å². The van der Waals surface area contributed by atoms with Gasteiger partial charge in [0, 0.05) is 30.8 Å². The molecule has 1 N–H and O–H groups in total. The lowest BCUT2D eigenvalue weighted by atomic mass is 10.2. The number of hydrogen-bond donors (Lipinski definition) is 1. The Bertz CT molecular complexity index is 455. The predicted octanol–water partition coefficient (Wildman–Crippen LogP) is 2.58. The molecule has 0 aromatic carbocycles. The summed E-state index contributed by atoms with van der Waals surface area (Å²) in [6.45, 7) is 13.3. The molecule has 0 aliphatic carbocycles. The first-order chi connectivity index (χ1) is 9.38. The van der Waals surface area contributed by atoms with Gasteiger partial charge in [0.2, 0.25) is 5.91 Å². The lowest BCUT2D eigenvalue weighted by Crippen LogP contribution is -2.41. The molecule has 1 aromatic rings. The van der Waals surface area contributed by atoms with Crippen LogP contribution in [0.15, 0.2) is 6.07 Å². The van der Waals surface area contributed by atoms with Gasteiger partial charge in [-0.25, -0.2) is 9.97 Å². The van der Waals surface area contributed by atoms with Gasteiger partial charge in [-0.05, 0) is 27.7 Å². The van der Waals surface area contributed by atoms with E-state index in [0.717, 1.165) is 24.6 Å². The molecule has 20 heavy (non-hydrogen) atoms. The minimum absolute atomic E-state index is 0.0948. The predicted molar refractivity (Wildman–Crippen MR) is 81.9 cm³/mol. The number of carbonyl (C=O) groups is 1. The highest BCUT2D eigenvalue weighted by molar-refractivity contribution is 5.84. The van der Waals surface area contributed by atoms with Crippen molar-refractivity contribution < 1.29 is 4.79 Å². The molecule has 0 radical (unpaired) electrons. The number of nitrogens with zero attached hydrogens (tertiary/aromatic N) is 3. The van der Waals surface area contributed by atoms with Crippen LogP contribution < -0.4 is 5.32 Å². The zero-order valence-electron chi connectivity index (χ0n) is 13.4. The lowest BCUT2D eigenvalue weighted by molar-refractivity contribution is -0.131. The molecule has 1 unspecified atom stereocenters. The number of aryl methyl sites for hydroxylation is 1. The molecule has 0 spiro atoms. The minimum Gasteiger partial charge on any atom is -0.359 e. The molecule has 5 nitrogen and oxygen atoms in total. The first-order valence-electron chi connectivity index (χ1n) is 7.29. The third-order valence-electron chi connectivity index (χ3n) is 3.20. The van der Waals surface area contributed by atoms with Gasteiger partial charge in [-0.3, -0.25) is 4.79 Å². The molecule has 0 fully saturated rings. The first kappa shape index (κ1) is 16.4. The van der Waals surface area contributed by atoms with Gasteiger partial charge in [-0.1, -0.05) is 13.8 Å². The quantitative estimate of drug-likeness (QED) is 0.869. The summed E-state index contributed by atoms with van der Waals surface area (Å²) < 4.78 is 0. The van der Waals surface area contributed by atoms with E-state index in [1.807, 2.05) is 38.7 Å². The maximum absolute atomic E-state index is 12.2. The molecular formula is C15H26N4O. The van der Waals surface area contributed by atoms with Crippen LogP contribution in [-0.4, -0.2) is 39.9 Å². The second kappa shape index (κ2) is 7.22. The summed E-state index contributed by atoms with van der Waals surface area (Å²) in [7, 11) is 0. The fraction of sp³-hybridized carbons (Fsp3) is 0.667. The number of nitrogens with one attached hydrogen (secondary N) is 1. The van der Waals surface area contributed by atoms with Crippen LogP contribution in [0.3, 0.4) is 0 Å². The molecule has 1 rings (SSSR count). The highest BCUT2D eigenvalue weighted by Crippen LogP contribution is 2.14. The van der Waals surface area contributed by atoms with Crippen molar-refractivity contribution in [3.05, 3.63) is 17.6 Å². The van der Waals surface area contributed by atoms with Gasteiger partial charge in [-0.15, -0.1) is 0 Å². The molecular weight excluding hydrogens is 252 g/mol. The van der Waals surface area contributed by atoms with Crippen LogP contribution in [0.25, 0.3) is 0 Å². The van der Waals surface area contributed by atoms with Gasteiger partial charge < -0.3 is 10.2 Å².